The van der Waals surface area contributed by atoms with Crippen LogP contribution in [-0.4, -0.2) is 19.6 Å². The van der Waals surface area contributed by atoms with Crippen LogP contribution in [0.15, 0.2) is 24.3 Å². The van der Waals surface area contributed by atoms with Crippen molar-refractivity contribution in [1.29, 1.82) is 0 Å². The zero-order valence-corrected chi connectivity index (χ0v) is 11.6. The molecule has 2 aromatic heterocycles. The second-order valence-corrected chi connectivity index (χ2v) is 4.81. The van der Waals surface area contributed by atoms with Gasteiger partial charge < -0.3 is 5.32 Å². The summed E-state index contributed by atoms with van der Waals surface area (Å²) in [5, 5.41) is 7.43. The van der Waals surface area contributed by atoms with E-state index in [4.69, 9.17) is 11.6 Å². The zero-order chi connectivity index (χ0) is 14.3. The van der Waals surface area contributed by atoms with Crippen molar-refractivity contribution < 1.29 is 4.39 Å². The van der Waals surface area contributed by atoms with E-state index in [9.17, 15) is 4.39 Å². The van der Waals surface area contributed by atoms with Crippen LogP contribution in [0.1, 0.15) is 11.5 Å². The Bertz CT molecular complexity index is 799. The Morgan fingerprint density at radius 2 is 2.00 bits per heavy atom. The minimum absolute atomic E-state index is 0.0863. The van der Waals surface area contributed by atoms with Gasteiger partial charge in [-0.3, -0.25) is 0 Å². The molecule has 0 atom stereocenters. The van der Waals surface area contributed by atoms with Crippen LogP contribution in [-0.2, 0) is 0 Å². The number of aromatic nitrogens is 4. The lowest BCUT2D eigenvalue weighted by Crippen LogP contribution is -2.03. The standard InChI is InChI=1S/C13H11ClFN5/c1-7-5-12(20-13(16-7)17-8(2)19-20)18-9-3-4-10(14)11(15)6-9/h3-6,18H,1-2H3. The summed E-state index contributed by atoms with van der Waals surface area (Å²) in [4.78, 5) is 8.50. The molecule has 102 valence electrons. The molecule has 1 aromatic carbocycles. The highest BCUT2D eigenvalue weighted by Gasteiger charge is 2.09. The van der Waals surface area contributed by atoms with Gasteiger partial charge in [-0.1, -0.05) is 11.6 Å². The van der Waals surface area contributed by atoms with Crippen LogP contribution in [0.25, 0.3) is 5.78 Å². The van der Waals surface area contributed by atoms with E-state index in [0.717, 1.165) is 5.69 Å². The molecule has 0 aliphatic heterocycles. The third kappa shape index (κ3) is 2.30. The van der Waals surface area contributed by atoms with E-state index in [1.54, 1.807) is 17.5 Å². The summed E-state index contributed by atoms with van der Waals surface area (Å²) in [5.74, 6) is 1.30. The first-order chi connectivity index (χ1) is 9.52. The quantitative estimate of drug-likeness (QED) is 0.787. The third-order valence-corrected chi connectivity index (χ3v) is 3.04. The highest BCUT2D eigenvalue weighted by molar-refractivity contribution is 6.30. The molecule has 0 saturated heterocycles. The van der Waals surface area contributed by atoms with E-state index in [2.05, 4.69) is 20.4 Å². The molecule has 0 radical (unpaired) electrons. The number of rotatable bonds is 2. The topological polar surface area (TPSA) is 55.1 Å². The number of nitrogens with one attached hydrogen (secondary N) is 1. The lowest BCUT2D eigenvalue weighted by atomic mass is 10.3. The molecule has 0 unspecified atom stereocenters. The lowest BCUT2D eigenvalue weighted by molar-refractivity contribution is 0.629. The Balaban J connectivity index is 2.07. The minimum atomic E-state index is -0.478. The zero-order valence-electron chi connectivity index (χ0n) is 10.9. The summed E-state index contributed by atoms with van der Waals surface area (Å²) >= 11 is 5.67. The number of fused-ring (bicyclic) bond motifs is 1. The predicted molar refractivity (Wildman–Crippen MR) is 74.9 cm³/mol. The summed E-state index contributed by atoms with van der Waals surface area (Å²) in [6.07, 6.45) is 0. The normalized spacial score (nSPS) is 11.0. The molecule has 20 heavy (non-hydrogen) atoms. The highest BCUT2D eigenvalue weighted by atomic mass is 35.5. The summed E-state index contributed by atoms with van der Waals surface area (Å²) in [6, 6.07) is 6.33. The molecular weight excluding hydrogens is 281 g/mol. The van der Waals surface area contributed by atoms with Gasteiger partial charge >= 0.3 is 0 Å². The third-order valence-electron chi connectivity index (χ3n) is 2.74. The van der Waals surface area contributed by atoms with E-state index in [0.29, 0.717) is 23.1 Å². The molecule has 3 rings (SSSR count). The Morgan fingerprint density at radius 3 is 2.75 bits per heavy atom. The van der Waals surface area contributed by atoms with Gasteiger partial charge in [0.15, 0.2) is 0 Å². The number of nitrogens with zero attached hydrogens (tertiary/aromatic N) is 4. The SMILES string of the molecule is Cc1cc(Nc2ccc(Cl)c(F)c2)n2nc(C)nc2n1. The molecule has 0 spiro atoms. The molecule has 2 heterocycles. The maximum atomic E-state index is 13.5. The minimum Gasteiger partial charge on any atom is -0.340 e. The second kappa shape index (κ2) is 4.72. The first kappa shape index (κ1) is 12.8. The Kier molecular flexibility index (Phi) is 3.02. The molecule has 0 aliphatic carbocycles. The smallest absolute Gasteiger partial charge is 0.254 e. The van der Waals surface area contributed by atoms with Gasteiger partial charge in [0.25, 0.3) is 5.78 Å². The van der Waals surface area contributed by atoms with Crippen molar-refractivity contribution >= 4 is 28.9 Å². The Labute approximate surface area is 119 Å². The molecule has 0 saturated carbocycles. The fourth-order valence-electron chi connectivity index (χ4n) is 1.90. The maximum Gasteiger partial charge on any atom is 0.254 e. The highest BCUT2D eigenvalue weighted by Crippen LogP contribution is 2.22. The molecule has 0 aliphatic rings. The summed E-state index contributed by atoms with van der Waals surface area (Å²) < 4.78 is 15.0. The molecule has 0 amide bonds. The van der Waals surface area contributed by atoms with Gasteiger partial charge in [0.1, 0.15) is 17.5 Å². The van der Waals surface area contributed by atoms with Crippen LogP contribution in [0.5, 0.6) is 0 Å². The Hall–Kier alpha value is -2.21. The van der Waals surface area contributed by atoms with Crippen LogP contribution < -0.4 is 5.32 Å². The van der Waals surface area contributed by atoms with Gasteiger partial charge in [-0.05, 0) is 32.0 Å². The van der Waals surface area contributed by atoms with Crippen molar-refractivity contribution in [3.05, 3.63) is 46.6 Å². The average Bonchev–Trinajstić information content (AvgIpc) is 2.74. The van der Waals surface area contributed by atoms with Gasteiger partial charge in [-0.2, -0.15) is 9.50 Å². The Morgan fingerprint density at radius 1 is 1.20 bits per heavy atom. The summed E-state index contributed by atoms with van der Waals surface area (Å²) in [5.41, 5.74) is 1.37. The first-order valence-corrected chi connectivity index (χ1v) is 6.34. The predicted octanol–water partition coefficient (Wildman–Crippen LogP) is 3.28. The van der Waals surface area contributed by atoms with Crippen molar-refractivity contribution in [3.8, 4) is 0 Å². The van der Waals surface area contributed by atoms with Crippen LogP contribution >= 0.6 is 11.6 Å². The molecule has 0 bridgehead atoms. The largest absolute Gasteiger partial charge is 0.340 e. The molecule has 5 nitrogen and oxygen atoms in total. The van der Waals surface area contributed by atoms with Crippen LogP contribution in [0, 0.1) is 19.7 Å². The van der Waals surface area contributed by atoms with Crippen LogP contribution in [0.3, 0.4) is 0 Å². The number of hydrogen-bond acceptors (Lipinski definition) is 4. The van der Waals surface area contributed by atoms with Crippen molar-refractivity contribution in [3.63, 3.8) is 0 Å². The van der Waals surface area contributed by atoms with Crippen molar-refractivity contribution in [2.45, 2.75) is 13.8 Å². The van der Waals surface area contributed by atoms with Gasteiger partial charge in [0.05, 0.1) is 5.02 Å². The van der Waals surface area contributed by atoms with Crippen molar-refractivity contribution in [2.24, 2.45) is 0 Å². The molecule has 3 aromatic rings. The van der Waals surface area contributed by atoms with Gasteiger partial charge in [-0.15, -0.1) is 5.10 Å². The van der Waals surface area contributed by atoms with Gasteiger partial charge in [0.2, 0.25) is 0 Å². The fourth-order valence-corrected chi connectivity index (χ4v) is 2.02. The van der Waals surface area contributed by atoms with Crippen LogP contribution in [0.4, 0.5) is 15.9 Å². The summed E-state index contributed by atoms with van der Waals surface area (Å²) in [6.45, 7) is 3.65. The van der Waals surface area contributed by atoms with Gasteiger partial charge in [0, 0.05) is 17.4 Å². The number of hydrogen-bond donors (Lipinski definition) is 1. The number of benzene rings is 1. The summed E-state index contributed by atoms with van der Waals surface area (Å²) in [7, 11) is 0. The van der Waals surface area contributed by atoms with E-state index < -0.39 is 5.82 Å². The number of anilines is 2. The molecular formula is C13H11ClFN5. The van der Waals surface area contributed by atoms with E-state index in [-0.39, 0.29) is 5.02 Å². The molecule has 1 N–H and O–H groups in total. The lowest BCUT2D eigenvalue weighted by Gasteiger charge is -2.09. The molecule has 0 fully saturated rings. The first-order valence-electron chi connectivity index (χ1n) is 5.96. The monoisotopic (exact) mass is 291 g/mol. The fraction of sp³-hybridized carbons (Fsp3) is 0.154. The number of halogens is 2. The van der Waals surface area contributed by atoms with E-state index in [1.165, 1.54) is 12.1 Å². The van der Waals surface area contributed by atoms with Crippen molar-refractivity contribution in [2.75, 3.05) is 5.32 Å². The number of aryl methyl sites for hydroxylation is 2. The maximum absolute atomic E-state index is 13.5. The molecule has 7 heteroatoms. The van der Waals surface area contributed by atoms with Crippen LogP contribution in [0.2, 0.25) is 5.02 Å². The van der Waals surface area contributed by atoms with E-state index in [1.807, 2.05) is 13.0 Å². The second-order valence-electron chi connectivity index (χ2n) is 4.41. The van der Waals surface area contributed by atoms with Gasteiger partial charge in [-0.25, -0.2) is 9.37 Å². The van der Waals surface area contributed by atoms with Crippen molar-refractivity contribution in [1.82, 2.24) is 19.6 Å². The van der Waals surface area contributed by atoms with E-state index >= 15 is 0 Å². The average molecular weight is 292 g/mol.